The molecule has 1 saturated heterocycles. The second-order valence-electron chi connectivity index (χ2n) is 5.61. The van der Waals surface area contributed by atoms with Gasteiger partial charge in [0.2, 0.25) is 0 Å². The monoisotopic (exact) mass is 204 g/mol. The second-order valence-corrected chi connectivity index (χ2v) is 5.61. The molecule has 4 atom stereocenters. The van der Waals surface area contributed by atoms with Crippen molar-refractivity contribution >= 4 is 5.97 Å². The Morgan fingerprint density at radius 3 is 3.20 bits per heavy atom. The summed E-state index contributed by atoms with van der Waals surface area (Å²) >= 11 is 0. The van der Waals surface area contributed by atoms with E-state index in [2.05, 4.69) is 6.08 Å². The van der Waals surface area contributed by atoms with Crippen LogP contribution in [0.3, 0.4) is 0 Å². The van der Waals surface area contributed by atoms with Crippen LogP contribution in [0, 0.1) is 17.3 Å². The van der Waals surface area contributed by atoms with E-state index in [0.29, 0.717) is 11.8 Å². The lowest BCUT2D eigenvalue weighted by molar-refractivity contribution is -0.152. The molecule has 2 heteroatoms. The molecule has 1 spiro atoms. The van der Waals surface area contributed by atoms with Crippen molar-refractivity contribution in [1.82, 2.24) is 0 Å². The minimum atomic E-state index is -0.0642. The quantitative estimate of drug-likeness (QED) is 0.447. The fraction of sp³-hybridized carbons (Fsp3) is 0.769. The van der Waals surface area contributed by atoms with Crippen LogP contribution >= 0.6 is 0 Å². The Hall–Kier alpha value is -0.790. The average Bonchev–Trinajstić information content (AvgIpc) is 2.47. The molecule has 4 aliphatic rings. The molecule has 1 aliphatic heterocycles. The van der Waals surface area contributed by atoms with E-state index in [-0.39, 0.29) is 17.5 Å². The molecule has 1 heterocycles. The highest BCUT2D eigenvalue weighted by atomic mass is 16.6. The molecule has 0 N–H and O–H groups in total. The molecule has 3 fully saturated rings. The van der Waals surface area contributed by atoms with E-state index in [1.54, 1.807) is 0 Å². The lowest BCUT2D eigenvalue weighted by atomic mass is 9.50. The summed E-state index contributed by atoms with van der Waals surface area (Å²) < 4.78 is 5.52. The van der Waals surface area contributed by atoms with E-state index >= 15 is 0 Å². The molecule has 1 unspecified atom stereocenters. The van der Waals surface area contributed by atoms with Gasteiger partial charge in [0.15, 0.2) is 0 Å². The number of esters is 1. The number of rotatable bonds is 0. The van der Waals surface area contributed by atoms with Crippen molar-refractivity contribution in [3.8, 4) is 0 Å². The van der Waals surface area contributed by atoms with Crippen LogP contribution in [0.25, 0.3) is 0 Å². The van der Waals surface area contributed by atoms with Crippen molar-refractivity contribution in [2.24, 2.45) is 17.3 Å². The molecule has 80 valence electrons. The van der Waals surface area contributed by atoms with E-state index in [1.807, 2.05) is 0 Å². The molecule has 0 aromatic rings. The minimum absolute atomic E-state index is 0.0642. The third-order valence-corrected chi connectivity index (χ3v) is 5.19. The number of carbonyl (C=O) groups excluding carboxylic acids is 1. The molecule has 4 rings (SSSR count). The zero-order valence-electron chi connectivity index (χ0n) is 8.87. The van der Waals surface area contributed by atoms with Crippen LogP contribution in [0.1, 0.15) is 38.5 Å². The Balaban J connectivity index is 1.85. The maximum atomic E-state index is 12.1. The molecule has 0 amide bonds. The van der Waals surface area contributed by atoms with Gasteiger partial charge in [-0.3, -0.25) is 4.79 Å². The van der Waals surface area contributed by atoms with Gasteiger partial charge in [0.05, 0.1) is 5.41 Å². The molecule has 15 heavy (non-hydrogen) atoms. The maximum Gasteiger partial charge on any atom is 0.313 e. The maximum absolute atomic E-state index is 12.1. The molecule has 2 nitrogen and oxygen atoms in total. The Bertz CT molecular complexity index is 371. The topological polar surface area (TPSA) is 26.3 Å². The van der Waals surface area contributed by atoms with E-state index < -0.39 is 0 Å². The van der Waals surface area contributed by atoms with Gasteiger partial charge in [-0.25, -0.2) is 0 Å². The highest BCUT2D eigenvalue weighted by Crippen LogP contribution is 2.64. The van der Waals surface area contributed by atoms with E-state index in [9.17, 15) is 4.79 Å². The van der Waals surface area contributed by atoms with Crippen LogP contribution in [-0.2, 0) is 9.53 Å². The fourth-order valence-corrected chi connectivity index (χ4v) is 4.52. The minimum Gasteiger partial charge on any atom is -0.457 e. The molecular formula is C13H16O2. The summed E-state index contributed by atoms with van der Waals surface area (Å²) in [5.41, 5.74) is 1.47. The predicted octanol–water partition coefficient (Wildman–Crippen LogP) is 2.44. The summed E-state index contributed by atoms with van der Waals surface area (Å²) in [6, 6.07) is 0. The lowest BCUT2D eigenvalue weighted by Gasteiger charge is -2.50. The smallest absolute Gasteiger partial charge is 0.313 e. The molecule has 0 radical (unpaired) electrons. The van der Waals surface area contributed by atoms with Crippen molar-refractivity contribution in [2.45, 2.75) is 44.6 Å². The van der Waals surface area contributed by atoms with Gasteiger partial charge in [0.1, 0.15) is 6.10 Å². The Morgan fingerprint density at radius 1 is 1.33 bits per heavy atom. The standard InChI is InChI=1S/C13H16O2/c14-12-13-6-2-1-3-9(13)5-4-8-7-10(15-12)11(8)13/h7,9-11H,1-6H2/t9-,10?,11-,13-/m1/s1. The largest absolute Gasteiger partial charge is 0.457 e. The molecule has 3 aliphatic carbocycles. The first-order valence-corrected chi connectivity index (χ1v) is 6.24. The van der Waals surface area contributed by atoms with Crippen molar-refractivity contribution in [2.75, 3.05) is 0 Å². The van der Waals surface area contributed by atoms with Crippen molar-refractivity contribution in [3.05, 3.63) is 11.6 Å². The van der Waals surface area contributed by atoms with Gasteiger partial charge in [-0.2, -0.15) is 0 Å². The summed E-state index contributed by atoms with van der Waals surface area (Å²) in [6.07, 6.45) is 9.70. The number of ether oxygens (including phenoxy) is 1. The fourth-order valence-electron chi connectivity index (χ4n) is 4.52. The summed E-state index contributed by atoms with van der Waals surface area (Å²) in [5.74, 6) is 1.25. The summed E-state index contributed by atoms with van der Waals surface area (Å²) in [5, 5.41) is 0. The normalized spacial score (nSPS) is 51.1. The predicted molar refractivity (Wildman–Crippen MR) is 55.1 cm³/mol. The van der Waals surface area contributed by atoms with Gasteiger partial charge in [0.25, 0.3) is 0 Å². The third kappa shape index (κ3) is 0.777. The van der Waals surface area contributed by atoms with Gasteiger partial charge in [0, 0.05) is 5.92 Å². The molecule has 0 aromatic heterocycles. The lowest BCUT2D eigenvalue weighted by Crippen LogP contribution is -2.49. The summed E-state index contributed by atoms with van der Waals surface area (Å²) in [6.45, 7) is 0. The van der Waals surface area contributed by atoms with Crippen molar-refractivity contribution in [3.63, 3.8) is 0 Å². The zero-order chi connectivity index (χ0) is 10.0. The van der Waals surface area contributed by atoms with Gasteiger partial charge in [-0.05, 0) is 37.7 Å². The first kappa shape index (κ1) is 8.37. The molecule has 0 bridgehead atoms. The number of carbonyl (C=O) groups is 1. The molecule has 0 aromatic carbocycles. The van der Waals surface area contributed by atoms with E-state index in [0.717, 1.165) is 6.42 Å². The molecule has 2 saturated carbocycles. The first-order valence-electron chi connectivity index (χ1n) is 6.24. The van der Waals surface area contributed by atoms with Crippen molar-refractivity contribution in [1.29, 1.82) is 0 Å². The summed E-state index contributed by atoms with van der Waals surface area (Å²) in [4.78, 5) is 12.1. The average molecular weight is 204 g/mol. The Kier molecular flexibility index (Phi) is 1.38. The zero-order valence-corrected chi connectivity index (χ0v) is 8.87. The van der Waals surface area contributed by atoms with Gasteiger partial charge in [-0.1, -0.05) is 18.4 Å². The van der Waals surface area contributed by atoms with Gasteiger partial charge in [-0.15, -0.1) is 0 Å². The van der Waals surface area contributed by atoms with Crippen LogP contribution in [0.2, 0.25) is 0 Å². The number of hydrogen-bond acceptors (Lipinski definition) is 2. The number of hydrogen-bond donors (Lipinski definition) is 0. The van der Waals surface area contributed by atoms with Crippen LogP contribution < -0.4 is 0 Å². The van der Waals surface area contributed by atoms with Gasteiger partial charge < -0.3 is 4.74 Å². The second kappa shape index (κ2) is 2.47. The van der Waals surface area contributed by atoms with Gasteiger partial charge >= 0.3 is 5.97 Å². The van der Waals surface area contributed by atoms with Crippen LogP contribution in [0.4, 0.5) is 0 Å². The van der Waals surface area contributed by atoms with Crippen LogP contribution in [-0.4, -0.2) is 12.1 Å². The summed E-state index contributed by atoms with van der Waals surface area (Å²) in [7, 11) is 0. The van der Waals surface area contributed by atoms with E-state index in [1.165, 1.54) is 37.7 Å². The first-order chi connectivity index (χ1) is 7.32. The highest BCUT2D eigenvalue weighted by Gasteiger charge is 2.66. The SMILES string of the molecule is O=C1OC2C=C3CC[C@H]4CCCC[C@@]14[C@H]32. The third-order valence-electron chi connectivity index (χ3n) is 5.19. The molecular weight excluding hydrogens is 188 g/mol. The van der Waals surface area contributed by atoms with Crippen LogP contribution in [0.5, 0.6) is 0 Å². The highest BCUT2D eigenvalue weighted by molar-refractivity contribution is 5.83. The van der Waals surface area contributed by atoms with Crippen molar-refractivity contribution < 1.29 is 9.53 Å². The van der Waals surface area contributed by atoms with E-state index in [4.69, 9.17) is 4.74 Å². The Morgan fingerprint density at radius 2 is 2.27 bits per heavy atom. The Labute approximate surface area is 89.7 Å². The van der Waals surface area contributed by atoms with Crippen LogP contribution in [0.15, 0.2) is 11.6 Å².